The van der Waals surface area contributed by atoms with E-state index in [0.717, 1.165) is 11.3 Å². The normalized spacial score (nSPS) is 12.2. The van der Waals surface area contributed by atoms with Crippen LogP contribution in [-0.2, 0) is 0 Å². The van der Waals surface area contributed by atoms with Crippen LogP contribution in [0.2, 0.25) is 0 Å². The zero-order valence-electron chi connectivity index (χ0n) is 10.4. The highest BCUT2D eigenvalue weighted by molar-refractivity contribution is 5.45. The molecule has 0 aliphatic rings. The van der Waals surface area contributed by atoms with Gasteiger partial charge in [-0.3, -0.25) is 0 Å². The summed E-state index contributed by atoms with van der Waals surface area (Å²) in [5, 5.41) is 0. The number of hydrogen-bond donors (Lipinski definition) is 1. The molecule has 0 aliphatic heterocycles. The highest BCUT2D eigenvalue weighted by atomic mass is 19.1. The first kappa shape index (κ1) is 12.6. The summed E-state index contributed by atoms with van der Waals surface area (Å²) in [4.78, 5) is 2.02. The summed E-state index contributed by atoms with van der Waals surface area (Å²) in [7, 11) is 1.95. The number of hydrogen-bond acceptors (Lipinski definition) is 2. The fourth-order valence-corrected chi connectivity index (χ4v) is 1.90. The Morgan fingerprint density at radius 3 is 2.28 bits per heavy atom. The van der Waals surface area contributed by atoms with Crippen LogP contribution in [0.4, 0.5) is 10.1 Å². The number of benzene rings is 2. The predicted octanol–water partition coefficient (Wildman–Crippen LogP) is 2.96. The molecule has 1 unspecified atom stereocenters. The lowest BCUT2D eigenvalue weighted by molar-refractivity contribution is 0.627. The van der Waals surface area contributed by atoms with Crippen LogP contribution in [0.5, 0.6) is 0 Å². The number of anilines is 1. The molecule has 94 valence electrons. The van der Waals surface area contributed by atoms with E-state index in [1.807, 2.05) is 42.3 Å². The second-order valence-corrected chi connectivity index (χ2v) is 4.37. The van der Waals surface area contributed by atoms with Crippen LogP contribution in [0.3, 0.4) is 0 Å². The monoisotopic (exact) mass is 244 g/mol. The van der Waals surface area contributed by atoms with Crippen molar-refractivity contribution in [3.05, 3.63) is 66.0 Å². The van der Waals surface area contributed by atoms with Gasteiger partial charge in [-0.1, -0.05) is 30.3 Å². The highest BCUT2D eigenvalue weighted by Gasteiger charge is 2.09. The van der Waals surface area contributed by atoms with E-state index in [-0.39, 0.29) is 11.9 Å². The summed E-state index contributed by atoms with van der Waals surface area (Å²) in [6, 6.07) is 16.3. The Morgan fingerprint density at radius 2 is 1.67 bits per heavy atom. The van der Waals surface area contributed by atoms with E-state index < -0.39 is 0 Å². The van der Waals surface area contributed by atoms with Gasteiger partial charge in [0.05, 0.1) is 0 Å². The molecule has 3 heteroatoms. The first-order chi connectivity index (χ1) is 8.66. The van der Waals surface area contributed by atoms with Gasteiger partial charge in [-0.15, -0.1) is 0 Å². The fraction of sp³-hybridized carbons (Fsp3) is 0.200. The molecule has 0 radical (unpaired) electrons. The van der Waals surface area contributed by atoms with Crippen molar-refractivity contribution in [3.8, 4) is 0 Å². The maximum atomic E-state index is 12.8. The summed E-state index contributed by atoms with van der Waals surface area (Å²) in [6.45, 7) is 0.690. The first-order valence-electron chi connectivity index (χ1n) is 5.94. The number of rotatable bonds is 4. The first-order valence-corrected chi connectivity index (χ1v) is 5.94. The molecule has 2 nitrogen and oxygen atoms in total. The zero-order valence-corrected chi connectivity index (χ0v) is 10.4. The molecule has 0 aliphatic carbocycles. The van der Waals surface area contributed by atoms with E-state index in [1.165, 1.54) is 12.1 Å². The van der Waals surface area contributed by atoms with Gasteiger partial charge in [0.25, 0.3) is 0 Å². The molecule has 0 saturated carbocycles. The van der Waals surface area contributed by atoms with Crippen molar-refractivity contribution in [1.29, 1.82) is 0 Å². The van der Waals surface area contributed by atoms with Crippen molar-refractivity contribution in [3.63, 3.8) is 0 Å². The Labute approximate surface area is 107 Å². The largest absolute Gasteiger partial charge is 0.373 e. The van der Waals surface area contributed by atoms with E-state index in [0.29, 0.717) is 6.54 Å². The van der Waals surface area contributed by atoms with Crippen molar-refractivity contribution in [1.82, 2.24) is 0 Å². The van der Waals surface area contributed by atoms with E-state index in [4.69, 9.17) is 5.73 Å². The van der Waals surface area contributed by atoms with Crippen LogP contribution in [0.25, 0.3) is 0 Å². The van der Waals surface area contributed by atoms with Gasteiger partial charge in [0.2, 0.25) is 0 Å². The quantitative estimate of drug-likeness (QED) is 0.896. The van der Waals surface area contributed by atoms with Crippen LogP contribution in [0.15, 0.2) is 54.6 Å². The Bertz CT molecular complexity index is 482. The van der Waals surface area contributed by atoms with Crippen molar-refractivity contribution in [2.75, 3.05) is 18.5 Å². The Hall–Kier alpha value is -1.87. The minimum atomic E-state index is -0.223. The van der Waals surface area contributed by atoms with Gasteiger partial charge in [-0.25, -0.2) is 4.39 Å². The lowest BCUT2D eigenvalue weighted by atomic mass is 10.1. The smallest absolute Gasteiger partial charge is 0.123 e. The van der Waals surface area contributed by atoms with Crippen molar-refractivity contribution >= 4 is 5.69 Å². The summed E-state index contributed by atoms with van der Waals surface area (Å²) in [5.41, 5.74) is 8.21. The Morgan fingerprint density at radius 1 is 1.06 bits per heavy atom. The number of nitrogens with zero attached hydrogens (tertiary/aromatic N) is 1. The minimum Gasteiger partial charge on any atom is -0.373 e. The molecule has 0 bridgehead atoms. The van der Waals surface area contributed by atoms with Gasteiger partial charge < -0.3 is 10.6 Å². The van der Waals surface area contributed by atoms with Gasteiger partial charge in [0.1, 0.15) is 5.82 Å². The van der Waals surface area contributed by atoms with Crippen molar-refractivity contribution in [2.45, 2.75) is 6.04 Å². The van der Waals surface area contributed by atoms with E-state index in [2.05, 4.69) is 0 Å². The molecule has 0 aromatic heterocycles. The van der Waals surface area contributed by atoms with Crippen LogP contribution in [0.1, 0.15) is 11.6 Å². The molecule has 2 aromatic carbocycles. The van der Waals surface area contributed by atoms with Gasteiger partial charge in [-0.2, -0.15) is 0 Å². The lowest BCUT2D eigenvalue weighted by Crippen LogP contribution is -2.28. The molecular formula is C15H17FN2. The topological polar surface area (TPSA) is 29.3 Å². The zero-order chi connectivity index (χ0) is 13.0. The highest BCUT2D eigenvalue weighted by Crippen LogP contribution is 2.17. The van der Waals surface area contributed by atoms with E-state index >= 15 is 0 Å². The lowest BCUT2D eigenvalue weighted by Gasteiger charge is -2.23. The standard InChI is InChI=1S/C15H17FN2/c1-18(14-9-7-13(16)8-10-14)11-15(17)12-5-3-2-4-6-12/h2-10,15H,11,17H2,1H3. The van der Waals surface area contributed by atoms with Crippen LogP contribution >= 0.6 is 0 Å². The fourth-order valence-electron chi connectivity index (χ4n) is 1.90. The molecule has 2 aromatic rings. The van der Waals surface area contributed by atoms with Gasteiger partial charge in [0.15, 0.2) is 0 Å². The van der Waals surface area contributed by atoms with Crippen LogP contribution < -0.4 is 10.6 Å². The molecule has 1 atom stereocenters. The SMILES string of the molecule is CN(CC(N)c1ccccc1)c1ccc(F)cc1. The maximum Gasteiger partial charge on any atom is 0.123 e. The predicted molar refractivity (Wildman–Crippen MR) is 73.0 cm³/mol. The molecule has 0 spiro atoms. The molecule has 2 N–H and O–H groups in total. The van der Waals surface area contributed by atoms with Gasteiger partial charge >= 0.3 is 0 Å². The Kier molecular flexibility index (Phi) is 3.95. The van der Waals surface area contributed by atoms with Crippen molar-refractivity contribution < 1.29 is 4.39 Å². The molecule has 18 heavy (non-hydrogen) atoms. The summed E-state index contributed by atoms with van der Waals surface area (Å²) in [6.07, 6.45) is 0. The van der Waals surface area contributed by atoms with Crippen LogP contribution in [0, 0.1) is 5.82 Å². The number of nitrogens with two attached hydrogens (primary N) is 1. The molecule has 2 rings (SSSR count). The second kappa shape index (κ2) is 5.65. The summed E-state index contributed by atoms with van der Waals surface area (Å²) < 4.78 is 12.8. The summed E-state index contributed by atoms with van der Waals surface area (Å²) in [5.74, 6) is -0.223. The molecule has 0 heterocycles. The minimum absolute atomic E-state index is 0.0544. The number of likely N-dealkylation sites (N-methyl/N-ethyl adjacent to an activating group) is 1. The number of halogens is 1. The maximum absolute atomic E-state index is 12.8. The van der Waals surface area contributed by atoms with Crippen molar-refractivity contribution in [2.24, 2.45) is 5.73 Å². The third-order valence-electron chi connectivity index (χ3n) is 2.97. The molecular weight excluding hydrogens is 227 g/mol. The average molecular weight is 244 g/mol. The van der Waals surface area contributed by atoms with Gasteiger partial charge in [-0.05, 0) is 29.8 Å². The third-order valence-corrected chi connectivity index (χ3v) is 2.97. The summed E-state index contributed by atoms with van der Waals surface area (Å²) >= 11 is 0. The average Bonchev–Trinajstić information content (AvgIpc) is 2.40. The van der Waals surface area contributed by atoms with E-state index in [9.17, 15) is 4.39 Å². The second-order valence-electron chi connectivity index (χ2n) is 4.37. The Balaban J connectivity index is 2.03. The molecule has 0 amide bonds. The molecule has 0 fully saturated rings. The molecule has 0 saturated heterocycles. The van der Waals surface area contributed by atoms with Crippen LogP contribution in [-0.4, -0.2) is 13.6 Å². The third kappa shape index (κ3) is 3.08. The van der Waals surface area contributed by atoms with Gasteiger partial charge in [0, 0.05) is 25.3 Å². The van der Waals surface area contributed by atoms with E-state index in [1.54, 1.807) is 12.1 Å².